The second kappa shape index (κ2) is 2.30. The molecule has 2 aliphatic rings. The zero-order valence-electron chi connectivity index (χ0n) is 5.81. The van der Waals surface area contributed by atoms with Crippen molar-refractivity contribution in [2.24, 2.45) is 11.8 Å². The fraction of sp³-hybridized carbons (Fsp3) is 1.00. The summed E-state index contributed by atoms with van der Waals surface area (Å²) in [6.07, 6.45) is 5.64. The highest BCUT2D eigenvalue weighted by Crippen LogP contribution is 2.43. The van der Waals surface area contributed by atoms with Crippen molar-refractivity contribution in [3.05, 3.63) is 0 Å². The van der Waals surface area contributed by atoms with Crippen LogP contribution in [0.25, 0.3) is 0 Å². The van der Waals surface area contributed by atoms with Crippen LogP contribution in [0.5, 0.6) is 0 Å². The van der Waals surface area contributed by atoms with Crippen molar-refractivity contribution in [1.29, 1.82) is 0 Å². The highest BCUT2D eigenvalue weighted by molar-refractivity contribution is 4.86. The Labute approximate surface area is 56.4 Å². The minimum atomic E-state index is 0.963. The predicted molar refractivity (Wildman–Crippen MR) is 36.3 cm³/mol. The lowest BCUT2D eigenvalue weighted by Gasteiger charge is -2.07. The van der Waals surface area contributed by atoms with E-state index in [1.165, 1.54) is 25.7 Å². The fourth-order valence-corrected chi connectivity index (χ4v) is 1.71. The lowest BCUT2D eigenvalue weighted by Crippen LogP contribution is -2.03. The molecule has 0 bridgehead atoms. The molecule has 0 amide bonds. The summed E-state index contributed by atoms with van der Waals surface area (Å²) < 4.78 is 5.43. The van der Waals surface area contributed by atoms with Crippen molar-refractivity contribution in [3.8, 4) is 0 Å². The van der Waals surface area contributed by atoms with Crippen LogP contribution < -0.4 is 0 Å². The molecule has 0 radical (unpaired) electrons. The van der Waals surface area contributed by atoms with Gasteiger partial charge in [0.05, 0.1) is 0 Å². The Morgan fingerprint density at radius 1 is 1.11 bits per heavy atom. The van der Waals surface area contributed by atoms with Crippen molar-refractivity contribution in [2.75, 3.05) is 13.2 Å². The zero-order chi connectivity index (χ0) is 6.10. The van der Waals surface area contributed by atoms with Gasteiger partial charge in [0.1, 0.15) is 0 Å². The Balaban J connectivity index is 1.81. The summed E-state index contributed by atoms with van der Waals surface area (Å²) in [5, 5.41) is 0. The Hall–Kier alpha value is -0.0400. The van der Waals surface area contributed by atoms with Gasteiger partial charge < -0.3 is 4.74 Å². The number of fused-ring (bicyclic) bond motifs is 1. The highest BCUT2D eigenvalue weighted by atomic mass is 16.5. The van der Waals surface area contributed by atoms with E-state index in [9.17, 15) is 0 Å². The van der Waals surface area contributed by atoms with Crippen molar-refractivity contribution >= 4 is 0 Å². The van der Waals surface area contributed by atoms with Crippen LogP contribution >= 0.6 is 0 Å². The van der Waals surface area contributed by atoms with Gasteiger partial charge in [-0.3, -0.25) is 0 Å². The molecule has 0 N–H and O–H groups in total. The first-order valence-corrected chi connectivity index (χ1v) is 4.04. The molecule has 2 atom stereocenters. The molecule has 1 aliphatic carbocycles. The normalized spacial score (nSPS) is 42.7. The van der Waals surface area contributed by atoms with E-state index < -0.39 is 0 Å². The molecule has 0 aromatic rings. The number of ether oxygens (including phenoxy) is 1. The molecule has 1 heteroatoms. The summed E-state index contributed by atoms with van der Waals surface area (Å²) in [5.74, 6) is 2.02. The van der Waals surface area contributed by atoms with E-state index >= 15 is 0 Å². The summed E-state index contributed by atoms with van der Waals surface area (Å²) in [7, 11) is 0. The average molecular weight is 126 g/mol. The third-order valence-corrected chi connectivity index (χ3v) is 2.51. The van der Waals surface area contributed by atoms with Crippen molar-refractivity contribution in [2.45, 2.75) is 25.7 Å². The number of hydrogen-bond donors (Lipinski definition) is 0. The molecule has 52 valence electrons. The van der Waals surface area contributed by atoms with Crippen LogP contribution in [0, 0.1) is 11.8 Å². The van der Waals surface area contributed by atoms with Crippen LogP contribution in [-0.4, -0.2) is 13.2 Å². The van der Waals surface area contributed by atoms with Gasteiger partial charge in [-0.05, 0) is 24.7 Å². The number of hydrogen-bond acceptors (Lipinski definition) is 1. The second-order valence-electron chi connectivity index (χ2n) is 3.33. The first-order valence-electron chi connectivity index (χ1n) is 4.04. The Morgan fingerprint density at radius 2 is 2.11 bits per heavy atom. The molecule has 0 aromatic heterocycles. The van der Waals surface area contributed by atoms with Gasteiger partial charge in [-0.2, -0.15) is 0 Å². The van der Waals surface area contributed by atoms with E-state index in [1.807, 2.05) is 0 Å². The first-order chi connectivity index (χ1) is 4.47. The van der Waals surface area contributed by atoms with E-state index in [2.05, 4.69) is 0 Å². The van der Waals surface area contributed by atoms with E-state index in [0.717, 1.165) is 25.0 Å². The smallest absolute Gasteiger partial charge is 0.0497 e. The van der Waals surface area contributed by atoms with E-state index in [0.29, 0.717) is 0 Å². The minimum absolute atomic E-state index is 0.963. The quantitative estimate of drug-likeness (QED) is 0.481. The second-order valence-corrected chi connectivity index (χ2v) is 3.33. The molecule has 0 spiro atoms. The molecule has 2 fully saturated rings. The first kappa shape index (κ1) is 5.72. The number of rotatable bonds is 0. The van der Waals surface area contributed by atoms with Gasteiger partial charge in [0.25, 0.3) is 0 Å². The standard InChI is InChI=1S/C8H14O/c1-2-4-9-6-8-5-7(8)3-1/h7-8H,1-6H2. The van der Waals surface area contributed by atoms with Gasteiger partial charge in [-0.25, -0.2) is 0 Å². The Bertz CT molecular complexity index is 88.7. The average Bonchev–Trinajstić information content (AvgIpc) is 2.46. The summed E-state index contributed by atoms with van der Waals surface area (Å²) >= 11 is 0. The zero-order valence-corrected chi connectivity index (χ0v) is 5.81. The van der Waals surface area contributed by atoms with Crippen LogP contribution in [0.3, 0.4) is 0 Å². The van der Waals surface area contributed by atoms with E-state index in [1.54, 1.807) is 0 Å². The van der Waals surface area contributed by atoms with Gasteiger partial charge >= 0.3 is 0 Å². The Morgan fingerprint density at radius 3 is 3.11 bits per heavy atom. The van der Waals surface area contributed by atoms with Crippen LogP contribution in [-0.2, 0) is 4.74 Å². The van der Waals surface area contributed by atoms with Gasteiger partial charge in [0, 0.05) is 13.2 Å². The minimum Gasteiger partial charge on any atom is -0.381 e. The molecule has 2 rings (SSSR count). The summed E-state index contributed by atoms with van der Waals surface area (Å²) in [6, 6.07) is 0. The monoisotopic (exact) mass is 126 g/mol. The van der Waals surface area contributed by atoms with Crippen LogP contribution in [0.15, 0.2) is 0 Å². The largest absolute Gasteiger partial charge is 0.381 e. The molecule has 2 unspecified atom stereocenters. The molecule has 1 saturated carbocycles. The lowest BCUT2D eigenvalue weighted by atomic mass is 10.1. The predicted octanol–water partition coefficient (Wildman–Crippen LogP) is 1.82. The van der Waals surface area contributed by atoms with Crippen LogP contribution in [0.1, 0.15) is 25.7 Å². The highest BCUT2D eigenvalue weighted by Gasteiger charge is 2.36. The molecule has 1 aliphatic heterocycles. The van der Waals surface area contributed by atoms with E-state index in [-0.39, 0.29) is 0 Å². The molecular weight excluding hydrogens is 112 g/mol. The van der Waals surface area contributed by atoms with Gasteiger partial charge in [-0.15, -0.1) is 0 Å². The summed E-state index contributed by atoms with van der Waals surface area (Å²) in [5.41, 5.74) is 0. The molecule has 0 aromatic carbocycles. The lowest BCUT2D eigenvalue weighted by molar-refractivity contribution is 0.108. The maximum Gasteiger partial charge on any atom is 0.0497 e. The maximum absolute atomic E-state index is 5.43. The van der Waals surface area contributed by atoms with Crippen molar-refractivity contribution in [3.63, 3.8) is 0 Å². The topological polar surface area (TPSA) is 9.23 Å². The molecular formula is C8H14O. The van der Waals surface area contributed by atoms with Crippen molar-refractivity contribution in [1.82, 2.24) is 0 Å². The van der Waals surface area contributed by atoms with Crippen molar-refractivity contribution < 1.29 is 4.74 Å². The van der Waals surface area contributed by atoms with Gasteiger partial charge in [-0.1, -0.05) is 12.8 Å². The summed E-state index contributed by atoms with van der Waals surface area (Å²) in [4.78, 5) is 0. The van der Waals surface area contributed by atoms with Crippen LogP contribution in [0.2, 0.25) is 0 Å². The Kier molecular flexibility index (Phi) is 1.46. The van der Waals surface area contributed by atoms with Crippen LogP contribution in [0.4, 0.5) is 0 Å². The van der Waals surface area contributed by atoms with E-state index in [4.69, 9.17) is 4.74 Å². The molecule has 1 saturated heterocycles. The molecule has 9 heavy (non-hydrogen) atoms. The molecule has 1 heterocycles. The third-order valence-electron chi connectivity index (χ3n) is 2.51. The van der Waals surface area contributed by atoms with Gasteiger partial charge in [0.2, 0.25) is 0 Å². The third kappa shape index (κ3) is 1.26. The summed E-state index contributed by atoms with van der Waals surface area (Å²) in [6.45, 7) is 2.08. The fourth-order valence-electron chi connectivity index (χ4n) is 1.71. The maximum atomic E-state index is 5.43. The molecule has 1 nitrogen and oxygen atoms in total. The van der Waals surface area contributed by atoms with Gasteiger partial charge in [0.15, 0.2) is 0 Å². The SMILES string of the molecule is C1CCC2CC2COC1.